The van der Waals surface area contributed by atoms with E-state index in [9.17, 15) is 0 Å². The number of aromatic nitrogens is 1. The quantitative estimate of drug-likeness (QED) is 0.600. The molecule has 17 heavy (non-hydrogen) atoms. The van der Waals surface area contributed by atoms with Crippen LogP contribution in [0.1, 0.15) is 18.9 Å². The van der Waals surface area contributed by atoms with E-state index in [4.69, 9.17) is 17.0 Å². The average Bonchev–Trinajstić information content (AvgIpc) is 2.29. The van der Waals surface area contributed by atoms with Crippen LogP contribution >= 0.6 is 12.2 Å². The number of rotatable bonds is 6. The van der Waals surface area contributed by atoms with Gasteiger partial charge in [-0.25, -0.2) is 4.98 Å². The van der Waals surface area contributed by atoms with Gasteiger partial charge in [0.15, 0.2) is 5.11 Å². The normalized spacial score (nSPS) is 10.0. The van der Waals surface area contributed by atoms with Crippen molar-refractivity contribution in [1.29, 1.82) is 0 Å². The zero-order chi connectivity index (χ0) is 12.5. The summed E-state index contributed by atoms with van der Waals surface area (Å²) in [5.41, 5.74) is 1.15. The van der Waals surface area contributed by atoms with Crippen molar-refractivity contribution in [2.24, 2.45) is 0 Å². The third kappa shape index (κ3) is 6.19. The van der Waals surface area contributed by atoms with Crippen LogP contribution in [-0.4, -0.2) is 29.9 Å². The first-order valence-corrected chi connectivity index (χ1v) is 6.18. The van der Waals surface area contributed by atoms with Gasteiger partial charge in [-0.15, -0.1) is 0 Å². The molecular weight excluding hydrogens is 234 g/mol. The van der Waals surface area contributed by atoms with Crippen LogP contribution in [0, 0.1) is 6.92 Å². The molecule has 0 saturated carbocycles. The van der Waals surface area contributed by atoms with Crippen molar-refractivity contribution in [2.45, 2.75) is 20.3 Å². The van der Waals surface area contributed by atoms with Gasteiger partial charge < -0.3 is 15.4 Å². The summed E-state index contributed by atoms with van der Waals surface area (Å²) in [5.74, 6) is 0.771. The van der Waals surface area contributed by atoms with E-state index in [1.165, 1.54) is 0 Å². The number of nitrogens with zero attached hydrogens (tertiary/aromatic N) is 1. The number of thiocarbonyl (C=S) groups is 1. The fourth-order valence-corrected chi connectivity index (χ4v) is 1.49. The van der Waals surface area contributed by atoms with Crippen LogP contribution in [0.4, 0.5) is 5.82 Å². The summed E-state index contributed by atoms with van der Waals surface area (Å²) in [6, 6.07) is 3.90. The number of anilines is 1. The number of nitrogens with one attached hydrogen (secondary N) is 2. The minimum atomic E-state index is 0.597. The fraction of sp³-hybridized carbons (Fsp3) is 0.500. The largest absolute Gasteiger partial charge is 0.382 e. The van der Waals surface area contributed by atoms with Crippen LogP contribution in [0.5, 0.6) is 0 Å². The molecule has 94 valence electrons. The maximum Gasteiger partial charge on any atom is 0.171 e. The van der Waals surface area contributed by atoms with Crippen LogP contribution < -0.4 is 10.6 Å². The Morgan fingerprint density at radius 2 is 2.35 bits per heavy atom. The van der Waals surface area contributed by atoms with E-state index in [0.717, 1.165) is 37.6 Å². The van der Waals surface area contributed by atoms with Gasteiger partial charge in [0.05, 0.1) is 0 Å². The lowest BCUT2D eigenvalue weighted by Crippen LogP contribution is -2.30. The molecule has 0 aliphatic rings. The van der Waals surface area contributed by atoms with Crippen molar-refractivity contribution in [3.63, 3.8) is 0 Å². The third-order valence-electron chi connectivity index (χ3n) is 2.11. The van der Waals surface area contributed by atoms with Gasteiger partial charge in [-0.1, -0.05) is 0 Å². The van der Waals surface area contributed by atoms with Gasteiger partial charge in [0.2, 0.25) is 0 Å². The highest BCUT2D eigenvalue weighted by Gasteiger charge is 1.98. The molecule has 0 aliphatic heterocycles. The molecule has 0 unspecified atom stereocenters. The molecule has 0 bridgehead atoms. The molecule has 0 saturated heterocycles. The Kier molecular flexibility index (Phi) is 6.50. The Morgan fingerprint density at radius 3 is 3.06 bits per heavy atom. The molecule has 2 N–H and O–H groups in total. The van der Waals surface area contributed by atoms with Crippen molar-refractivity contribution in [3.8, 4) is 0 Å². The molecule has 4 nitrogen and oxygen atoms in total. The van der Waals surface area contributed by atoms with Crippen molar-refractivity contribution in [1.82, 2.24) is 10.3 Å². The fourth-order valence-electron chi connectivity index (χ4n) is 1.29. The van der Waals surface area contributed by atoms with Crippen LogP contribution in [0.25, 0.3) is 0 Å². The standard InChI is InChI=1S/C12H19N3OS/c1-3-16-8-4-6-14-12(17)15-11-9-10(2)5-7-13-11/h5,7,9H,3-4,6,8H2,1-2H3,(H2,13,14,15,17). The van der Waals surface area contributed by atoms with Gasteiger partial charge in [0, 0.05) is 26.0 Å². The maximum atomic E-state index is 5.23. The lowest BCUT2D eigenvalue weighted by molar-refractivity contribution is 0.146. The van der Waals surface area contributed by atoms with Gasteiger partial charge in [0.1, 0.15) is 5.82 Å². The monoisotopic (exact) mass is 253 g/mol. The predicted octanol–water partition coefficient (Wildman–Crippen LogP) is 2.10. The molecule has 5 heteroatoms. The molecule has 0 atom stereocenters. The van der Waals surface area contributed by atoms with Gasteiger partial charge >= 0.3 is 0 Å². The van der Waals surface area contributed by atoms with Crippen molar-refractivity contribution < 1.29 is 4.74 Å². The number of hydrogen-bond donors (Lipinski definition) is 2. The number of aryl methyl sites for hydroxylation is 1. The summed E-state index contributed by atoms with van der Waals surface area (Å²) in [4.78, 5) is 4.17. The Bertz CT molecular complexity index is 357. The van der Waals surface area contributed by atoms with E-state index >= 15 is 0 Å². The second-order valence-electron chi connectivity index (χ2n) is 3.65. The Labute approximate surface area is 108 Å². The highest BCUT2D eigenvalue weighted by Crippen LogP contribution is 2.04. The van der Waals surface area contributed by atoms with E-state index in [1.807, 2.05) is 26.0 Å². The second kappa shape index (κ2) is 7.97. The third-order valence-corrected chi connectivity index (χ3v) is 2.36. The molecule has 0 fully saturated rings. The molecule has 1 aromatic heterocycles. The zero-order valence-electron chi connectivity index (χ0n) is 10.3. The van der Waals surface area contributed by atoms with Gasteiger partial charge in [-0.05, 0) is 50.2 Å². The molecule has 0 aliphatic carbocycles. The SMILES string of the molecule is CCOCCCNC(=S)Nc1cc(C)ccn1. The topological polar surface area (TPSA) is 46.2 Å². The van der Waals surface area contributed by atoms with Gasteiger partial charge in [-0.3, -0.25) is 0 Å². The Morgan fingerprint density at radius 1 is 1.53 bits per heavy atom. The minimum absolute atomic E-state index is 0.597. The van der Waals surface area contributed by atoms with Crippen molar-refractivity contribution in [3.05, 3.63) is 23.9 Å². The molecule has 0 spiro atoms. The van der Waals surface area contributed by atoms with E-state index in [2.05, 4.69) is 15.6 Å². The number of hydrogen-bond acceptors (Lipinski definition) is 3. The molecule has 0 aromatic carbocycles. The number of ether oxygens (including phenoxy) is 1. The zero-order valence-corrected chi connectivity index (χ0v) is 11.1. The summed E-state index contributed by atoms with van der Waals surface area (Å²) >= 11 is 5.15. The Balaban J connectivity index is 2.21. The molecule has 1 aromatic rings. The summed E-state index contributed by atoms with van der Waals surface area (Å²) in [6.45, 7) is 6.33. The van der Waals surface area contributed by atoms with Gasteiger partial charge in [0.25, 0.3) is 0 Å². The van der Waals surface area contributed by atoms with E-state index in [1.54, 1.807) is 6.20 Å². The first-order valence-electron chi connectivity index (χ1n) is 5.77. The predicted molar refractivity (Wildman–Crippen MR) is 74.3 cm³/mol. The van der Waals surface area contributed by atoms with Crippen molar-refractivity contribution >= 4 is 23.1 Å². The van der Waals surface area contributed by atoms with Gasteiger partial charge in [-0.2, -0.15) is 0 Å². The van der Waals surface area contributed by atoms with Crippen LogP contribution in [0.3, 0.4) is 0 Å². The smallest absolute Gasteiger partial charge is 0.171 e. The summed E-state index contributed by atoms with van der Waals surface area (Å²) in [7, 11) is 0. The van der Waals surface area contributed by atoms with Crippen LogP contribution in [-0.2, 0) is 4.74 Å². The molecule has 1 heterocycles. The summed E-state index contributed by atoms with van der Waals surface area (Å²) in [5, 5.41) is 6.75. The molecular formula is C12H19N3OS. The first-order chi connectivity index (χ1) is 8.22. The number of pyridine rings is 1. The summed E-state index contributed by atoms with van der Waals surface area (Å²) in [6.07, 6.45) is 2.70. The molecule has 0 amide bonds. The molecule has 0 radical (unpaired) electrons. The second-order valence-corrected chi connectivity index (χ2v) is 4.06. The minimum Gasteiger partial charge on any atom is -0.382 e. The maximum absolute atomic E-state index is 5.23. The highest BCUT2D eigenvalue weighted by atomic mass is 32.1. The van der Waals surface area contributed by atoms with Crippen LogP contribution in [0.2, 0.25) is 0 Å². The first kappa shape index (κ1) is 13.9. The van der Waals surface area contributed by atoms with E-state index in [-0.39, 0.29) is 0 Å². The highest BCUT2D eigenvalue weighted by molar-refractivity contribution is 7.80. The van der Waals surface area contributed by atoms with E-state index in [0.29, 0.717) is 5.11 Å². The van der Waals surface area contributed by atoms with Crippen LogP contribution in [0.15, 0.2) is 18.3 Å². The summed E-state index contributed by atoms with van der Waals surface area (Å²) < 4.78 is 5.23. The average molecular weight is 253 g/mol. The Hall–Kier alpha value is -1.20. The van der Waals surface area contributed by atoms with Crippen molar-refractivity contribution in [2.75, 3.05) is 25.1 Å². The lowest BCUT2D eigenvalue weighted by atomic mass is 10.3. The van der Waals surface area contributed by atoms with E-state index < -0.39 is 0 Å². The molecule has 1 rings (SSSR count). The lowest BCUT2D eigenvalue weighted by Gasteiger charge is -2.10.